The van der Waals surface area contributed by atoms with Gasteiger partial charge in [-0.1, -0.05) is 0 Å². The highest BCUT2D eigenvalue weighted by molar-refractivity contribution is 5.04. The first-order valence-electron chi connectivity index (χ1n) is 6.41. The Morgan fingerprint density at radius 2 is 2.26 bits per heavy atom. The van der Waals surface area contributed by atoms with Gasteiger partial charge < -0.3 is 10.1 Å². The third kappa shape index (κ3) is 4.15. The fraction of sp³-hybridized carbons (Fsp3) is 0.583. The van der Waals surface area contributed by atoms with Gasteiger partial charge in [0.2, 0.25) is 0 Å². The van der Waals surface area contributed by atoms with Gasteiger partial charge in [-0.25, -0.2) is 9.67 Å². The van der Waals surface area contributed by atoms with Gasteiger partial charge >= 0.3 is 0 Å². The molecule has 2 aromatic rings. The van der Waals surface area contributed by atoms with Crippen molar-refractivity contribution in [2.24, 2.45) is 0 Å². The number of hydrogen-bond acceptors (Lipinski definition) is 5. The monoisotopic (exact) mass is 264 g/mol. The van der Waals surface area contributed by atoms with Gasteiger partial charge in [-0.15, -0.1) is 0 Å². The van der Waals surface area contributed by atoms with Crippen molar-refractivity contribution in [1.29, 1.82) is 0 Å². The van der Waals surface area contributed by atoms with Crippen LogP contribution in [0.4, 0.5) is 0 Å². The first kappa shape index (κ1) is 13.7. The summed E-state index contributed by atoms with van der Waals surface area (Å²) in [6.45, 7) is 5.79. The van der Waals surface area contributed by atoms with Gasteiger partial charge in [-0.2, -0.15) is 10.2 Å². The van der Waals surface area contributed by atoms with E-state index in [1.165, 1.54) is 0 Å². The summed E-state index contributed by atoms with van der Waals surface area (Å²) in [7, 11) is 1.69. The molecule has 2 rings (SSSR count). The summed E-state index contributed by atoms with van der Waals surface area (Å²) in [6.07, 6.45) is 5.64. The van der Waals surface area contributed by atoms with Gasteiger partial charge in [0.05, 0.1) is 25.9 Å². The average molecular weight is 264 g/mol. The van der Waals surface area contributed by atoms with Crippen molar-refractivity contribution in [3.8, 4) is 0 Å². The quantitative estimate of drug-likeness (QED) is 0.693. The second kappa shape index (κ2) is 7.01. The molecule has 7 nitrogen and oxygen atoms in total. The van der Waals surface area contributed by atoms with Crippen molar-refractivity contribution >= 4 is 0 Å². The van der Waals surface area contributed by atoms with Gasteiger partial charge in [0.15, 0.2) is 5.82 Å². The van der Waals surface area contributed by atoms with E-state index in [-0.39, 0.29) is 0 Å². The number of nitrogens with one attached hydrogen (secondary N) is 1. The smallest absolute Gasteiger partial charge is 0.164 e. The van der Waals surface area contributed by atoms with Crippen molar-refractivity contribution in [2.75, 3.05) is 20.3 Å². The largest absolute Gasteiger partial charge is 0.383 e. The number of aromatic nitrogens is 5. The Morgan fingerprint density at radius 3 is 3.00 bits per heavy atom. The number of hydrogen-bond donors (Lipinski definition) is 1. The van der Waals surface area contributed by atoms with E-state index in [1.807, 2.05) is 21.8 Å². The summed E-state index contributed by atoms with van der Waals surface area (Å²) in [5, 5.41) is 11.9. The van der Waals surface area contributed by atoms with Crippen LogP contribution in [0.2, 0.25) is 0 Å². The van der Waals surface area contributed by atoms with Crippen LogP contribution in [0.1, 0.15) is 18.3 Å². The fourth-order valence-corrected chi connectivity index (χ4v) is 1.71. The first-order valence-corrected chi connectivity index (χ1v) is 6.41. The predicted molar refractivity (Wildman–Crippen MR) is 70.6 cm³/mol. The zero-order valence-electron chi connectivity index (χ0n) is 11.4. The highest BCUT2D eigenvalue weighted by Gasteiger charge is 2.03. The Bertz CT molecular complexity index is 492. The van der Waals surface area contributed by atoms with Crippen molar-refractivity contribution in [1.82, 2.24) is 29.9 Å². The van der Waals surface area contributed by atoms with Crippen molar-refractivity contribution in [2.45, 2.75) is 26.6 Å². The molecule has 19 heavy (non-hydrogen) atoms. The van der Waals surface area contributed by atoms with Gasteiger partial charge in [0.25, 0.3) is 0 Å². The van der Waals surface area contributed by atoms with E-state index in [9.17, 15) is 0 Å². The van der Waals surface area contributed by atoms with Crippen LogP contribution in [0.15, 0.2) is 18.7 Å². The van der Waals surface area contributed by atoms with Crippen LogP contribution in [0, 0.1) is 0 Å². The lowest BCUT2D eigenvalue weighted by Crippen LogP contribution is -2.19. The molecule has 0 fully saturated rings. The van der Waals surface area contributed by atoms with E-state index in [4.69, 9.17) is 4.74 Å². The topological polar surface area (TPSA) is 69.8 Å². The summed E-state index contributed by atoms with van der Waals surface area (Å²) >= 11 is 0. The predicted octanol–water partition coefficient (Wildman–Crippen LogP) is 0.279. The summed E-state index contributed by atoms with van der Waals surface area (Å²) in [5.41, 5.74) is 1.13. The van der Waals surface area contributed by atoms with Gasteiger partial charge in [0.1, 0.15) is 6.33 Å². The van der Waals surface area contributed by atoms with Crippen molar-refractivity contribution in [3.05, 3.63) is 30.1 Å². The van der Waals surface area contributed by atoms with Gasteiger partial charge in [-0.05, 0) is 6.92 Å². The lowest BCUT2D eigenvalue weighted by Gasteiger charge is -2.00. The van der Waals surface area contributed by atoms with Gasteiger partial charge in [0, 0.05) is 32.0 Å². The number of aryl methyl sites for hydroxylation is 1. The highest BCUT2D eigenvalue weighted by atomic mass is 16.5. The van der Waals surface area contributed by atoms with Crippen LogP contribution in [0.5, 0.6) is 0 Å². The molecular formula is C12H20N6O. The number of rotatable bonds is 8. The van der Waals surface area contributed by atoms with Crippen LogP contribution in [-0.2, 0) is 24.4 Å². The second-order valence-corrected chi connectivity index (χ2v) is 4.23. The normalized spacial score (nSPS) is 11.1. The van der Waals surface area contributed by atoms with Crippen LogP contribution < -0.4 is 5.32 Å². The Balaban J connectivity index is 1.83. The van der Waals surface area contributed by atoms with E-state index >= 15 is 0 Å². The maximum Gasteiger partial charge on any atom is 0.164 e. The minimum atomic E-state index is 0.657. The summed E-state index contributed by atoms with van der Waals surface area (Å²) in [4.78, 5) is 4.26. The molecule has 0 bridgehead atoms. The molecule has 0 saturated heterocycles. The Kier molecular flexibility index (Phi) is 5.05. The summed E-state index contributed by atoms with van der Waals surface area (Å²) in [6, 6.07) is 0. The highest BCUT2D eigenvalue weighted by Crippen LogP contribution is 2.01. The third-order valence-electron chi connectivity index (χ3n) is 2.71. The van der Waals surface area contributed by atoms with Crippen LogP contribution in [0.25, 0.3) is 0 Å². The molecule has 2 heterocycles. The first-order chi connectivity index (χ1) is 9.31. The molecule has 0 atom stereocenters. The molecule has 0 radical (unpaired) electrons. The molecule has 0 unspecified atom stereocenters. The summed E-state index contributed by atoms with van der Waals surface area (Å²) < 4.78 is 8.69. The number of nitrogens with zero attached hydrogens (tertiary/aromatic N) is 5. The Labute approximate surface area is 112 Å². The van der Waals surface area contributed by atoms with E-state index in [2.05, 4.69) is 27.4 Å². The molecule has 0 aliphatic heterocycles. The van der Waals surface area contributed by atoms with Crippen molar-refractivity contribution in [3.63, 3.8) is 0 Å². The molecule has 2 aromatic heterocycles. The minimum Gasteiger partial charge on any atom is -0.383 e. The second-order valence-electron chi connectivity index (χ2n) is 4.23. The number of ether oxygens (including phenoxy) is 1. The van der Waals surface area contributed by atoms with E-state index in [0.717, 1.165) is 24.5 Å². The fourth-order valence-electron chi connectivity index (χ4n) is 1.71. The van der Waals surface area contributed by atoms with Gasteiger partial charge in [-0.3, -0.25) is 4.68 Å². The lowest BCUT2D eigenvalue weighted by atomic mass is 10.4. The molecule has 0 aromatic carbocycles. The Morgan fingerprint density at radius 1 is 1.37 bits per heavy atom. The molecule has 0 aliphatic carbocycles. The van der Waals surface area contributed by atoms with E-state index in [1.54, 1.807) is 13.4 Å². The molecule has 1 N–H and O–H groups in total. The Hall–Kier alpha value is -1.73. The standard InChI is InChI=1S/C12H20N6O/c1-3-17-8-11(6-15-17)9-18-10-14-12(16-18)7-13-4-5-19-2/h6,8,10,13H,3-5,7,9H2,1-2H3. The molecule has 7 heteroatoms. The number of methoxy groups -OCH3 is 1. The van der Waals surface area contributed by atoms with E-state index in [0.29, 0.717) is 19.7 Å². The minimum absolute atomic E-state index is 0.657. The zero-order chi connectivity index (χ0) is 13.5. The third-order valence-corrected chi connectivity index (χ3v) is 2.71. The summed E-state index contributed by atoms with van der Waals surface area (Å²) in [5.74, 6) is 0.791. The molecule has 104 valence electrons. The maximum absolute atomic E-state index is 4.96. The molecular weight excluding hydrogens is 244 g/mol. The van der Waals surface area contributed by atoms with Crippen LogP contribution >= 0.6 is 0 Å². The average Bonchev–Trinajstić information content (AvgIpc) is 3.05. The molecule has 0 spiro atoms. The maximum atomic E-state index is 4.96. The molecule has 0 aliphatic rings. The SMILES string of the molecule is CCn1cc(Cn2cnc(CNCCOC)n2)cn1. The lowest BCUT2D eigenvalue weighted by molar-refractivity contribution is 0.199. The zero-order valence-corrected chi connectivity index (χ0v) is 11.4. The van der Waals surface area contributed by atoms with Crippen molar-refractivity contribution < 1.29 is 4.74 Å². The van der Waals surface area contributed by atoms with Crippen LogP contribution in [0.3, 0.4) is 0 Å². The molecule has 0 amide bonds. The van der Waals surface area contributed by atoms with Crippen LogP contribution in [-0.4, -0.2) is 44.8 Å². The molecule has 0 saturated carbocycles. The van der Waals surface area contributed by atoms with E-state index < -0.39 is 0 Å².